The average Bonchev–Trinajstić information content (AvgIpc) is 3.66. The van der Waals surface area contributed by atoms with Gasteiger partial charge in [0.2, 0.25) is 0 Å². The molecule has 5 aromatic rings. The summed E-state index contributed by atoms with van der Waals surface area (Å²) >= 11 is 0. The van der Waals surface area contributed by atoms with Crippen molar-refractivity contribution in [1.82, 2.24) is 39.4 Å². The number of rotatable bonds is 4. The third kappa shape index (κ3) is 3.44. The van der Waals surface area contributed by atoms with Crippen LogP contribution in [0, 0.1) is 6.92 Å². The highest BCUT2D eigenvalue weighted by Gasteiger charge is 2.49. The van der Waals surface area contributed by atoms with Gasteiger partial charge < -0.3 is 9.30 Å². The normalized spacial score (nSPS) is 21.8. The Morgan fingerprint density at radius 2 is 2.05 bits per heavy atom. The van der Waals surface area contributed by atoms with Crippen LogP contribution in [0.25, 0.3) is 44.2 Å². The van der Waals surface area contributed by atoms with Gasteiger partial charge in [0, 0.05) is 38.0 Å². The molecular formula is C26H26F4N8O2. The molecule has 2 N–H and O–H groups in total. The molecule has 2 atom stereocenters. The number of halogens is 4. The predicted molar refractivity (Wildman–Crippen MR) is 139 cm³/mol. The number of nitrogens with one attached hydrogen (secondary N) is 2. The van der Waals surface area contributed by atoms with Gasteiger partial charge >= 0.3 is 6.18 Å². The molecule has 14 heteroatoms. The lowest BCUT2D eigenvalue weighted by Gasteiger charge is -2.30. The van der Waals surface area contributed by atoms with Crippen molar-refractivity contribution in [1.29, 1.82) is 0 Å². The molecule has 7 rings (SSSR count). The van der Waals surface area contributed by atoms with Crippen LogP contribution in [0.4, 0.5) is 17.6 Å². The Hall–Kier alpha value is -3.94. The van der Waals surface area contributed by atoms with E-state index in [4.69, 9.17) is 4.74 Å². The molecule has 2 aliphatic heterocycles. The van der Waals surface area contributed by atoms with Gasteiger partial charge in [-0.15, -0.1) is 0 Å². The number of hydrogen-bond acceptors (Lipinski definition) is 6. The predicted octanol–water partition coefficient (Wildman–Crippen LogP) is 3.97. The summed E-state index contributed by atoms with van der Waals surface area (Å²) in [7, 11) is 3.20. The average molecular weight is 559 g/mol. The monoisotopic (exact) mass is 558 g/mol. The van der Waals surface area contributed by atoms with Crippen molar-refractivity contribution in [2.75, 3.05) is 19.7 Å². The second-order valence-electron chi connectivity index (χ2n) is 10.9. The Morgan fingerprint density at radius 1 is 1.25 bits per heavy atom. The van der Waals surface area contributed by atoms with Crippen LogP contribution in [0.1, 0.15) is 30.4 Å². The third-order valence-electron chi connectivity index (χ3n) is 8.49. The molecule has 1 aromatic carbocycles. The van der Waals surface area contributed by atoms with Crippen molar-refractivity contribution in [3.05, 3.63) is 33.7 Å². The van der Waals surface area contributed by atoms with Crippen LogP contribution in [0.3, 0.4) is 0 Å². The maximum Gasteiger partial charge on any atom is 0.417 e. The lowest BCUT2D eigenvalue weighted by molar-refractivity contribution is -0.137. The molecule has 6 heterocycles. The Morgan fingerprint density at radius 3 is 2.83 bits per heavy atom. The second kappa shape index (κ2) is 8.29. The molecule has 0 unspecified atom stereocenters. The minimum Gasteiger partial charge on any atom is -0.463 e. The molecule has 2 saturated heterocycles. The number of ether oxygens (including phenoxy) is 1. The number of nitrogens with zero attached hydrogens (tertiary/aromatic N) is 6. The summed E-state index contributed by atoms with van der Waals surface area (Å²) in [5.41, 5.74) is -0.464. The van der Waals surface area contributed by atoms with E-state index < -0.39 is 29.0 Å². The lowest BCUT2D eigenvalue weighted by atomic mass is 9.95. The smallest absolute Gasteiger partial charge is 0.417 e. The summed E-state index contributed by atoms with van der Waals surface area (Å²) < 4.78 is 66.3. The number of hydrogen-bond donors (Lipinski definition) is 2. The van der Waals surface area contributed by atoms with E-state index in [9.17, 15) is 22.4 Å². The minimum absolute atomic E-state index is 0.0197. The van der Waals surface area contributed by atoms with Crippen LogP contribution in [-0.4, -0.2) is 70.8 Å². The van der Waals surface area contributed by atoms with Crippen LogP contribution in [0.15, 0.2) is 17.1 Å². The number of aromatic amines is 2. The third-order valence-corrected chi connectivity index (χ3v) is 8.49. The highest BCUT2D eigenvalue weighted by molar-refractivity contribution is 6.12. The molecule has 10 nitrogen and oxygen atoms in total. The number of fused-ring (bicyclic) bond motifs is 5. The van der Waals surface area contributed by atoms with Crippen LogP contribution in [-0.2, 0) is 20.3 Å². The summed E-state index contributed by atoms with van der Waals surface area (Å²) in [6.45, 7) is 2.74. The molecule has 210 valence electrons. The number of alkyl halides is 4. The zero-order chi connectivity index (χ0) is 28.1. The SMILES string of the molecule is Cc1cc2[nH]ncc2c(-c2nn(C)c3c4c(=O)[nH]c(OC[C@@]56CCCN5C[C@H](F)C6)nc4n(C)c23)c1C(F)(F)F. The second-order valence-corrected chi connectivity index (χ2v) is 10.9. The zero-order valence-electron chi connectivity index (χ0n) is 22.0. The van der Waals surface area contributed by atoms with Crippen LogP contribution >= 0.6 is 0 Å². The van der Waals surface area contributed by atoms with E-state index in [-0.39, 0.29) is 45.9 Å². The van der Waals surface area contributed by atoms with E-state index in [1.807, 2.05) is 0 Å². The molecule has 0 saturated carbocycles. The Labute approximate surface area is 223 Å². The Balaban J connectivity index is 1.40. The summed E-state index contributed by atoms with van der Waals surface area (Å²) in [5.74, 6) is 0. The number of aryl methyl sites for hydroxylation is 3. The highest BCUT2D eigenvalue weighted by atomic mass is 19.4. The molecule has 0 aliphatic carbocycles. The van der Waals surface area contributed by atoms with Crippen molar-refractivity contribution in [3.8, 4) is 17.3 Å². The van der Waals surface area contributed by atoms with Gasteiger partial charge in [0.05, 0.1) is 28.3 Å². The number of aromatic nitrogens is 7. The molecule has 4 aromatic heterocycles. The number of benzene rings is 1. The van der Waals surface area contributed by atoms with Crippen LogP contribution in [0.5, 0.6) is 6.01 Å². The standard InChI is InChI=1S/C26H26F4N8O2/c1-12-7-15-14(9-31-34-15)16(18(12)26(28,29)30)19-21-20(37(3)35-19)17-22(36(21)2)32-24(33-23(17)39)40-11-25-5-4-6-38(25)10-13(27)8-25/h7,9,13H,4-6,8,10-11H2,1-3H3,(H,31,34)(H,32,33,39)/t13-,25+/m1/s1. The van der Waals surface area contributed by atoms with E-state index >= 15 is 0 Å². The summed E-state index contributed by atoms with van der Waals surface area (Å²) in [6, 6.07) is 1.39. The van der Waals surface area contributed by atoms with Gasteiger partial charge in [-0.2, -0.15) is 28.4 Å². The Bertz CT molecular complexity index is 1880. The van der Waals surface area contributed by atoms with Crippen LogP contribution in [0.2, 0.25) is 0 Å². The van der Waals surface area contributed by atoms with E-state index in [1.165, 1.54) is 23.9 Å². The first-order chi connectivity index (χ1) is 19.0. The quantitative estimate of drug-likeness (QED) is 0.323. The number of H-pyrrole nitrogens is 2. The molecule has 0 amide bonds. The first-order valence-corrected chi connectivity index (χ1v) is 13.0. The van der Waals surface area contributed by atoms with Crippen molar-refractivity contribution < 1.29 is 22.3 Å². The largest absolute Gasteiger partial charge is 0.463 e. The summed E-state index contributed by atoms with van der Waals surface area (Å²) in [6.07, 6.45) is -2.14. The molecule has 2 aliphatic rings. The molecule has 40 heavy (non-hydrogen) atoms. The maximum absolute atomic E-state index is 14.4. The van der Waals surface area contributed by atoms with Gasteiger partial charge in [-0.25, -0.2) is 4.39 Å². The fourth-order valence-corrected chi connectivity index (χ4v) is 6.84. The van der Waals surface area contributed by atoms with E-state index in [0.29, 0.717) is 29.5 Å². The first-order valence-electron chi connectivity index (χ1n) is 13.0. The fourth-order valence-electron chi connectivity index (χ4n) is 6.84. The summed E-state index contributed by atoms with van der Waals surface area (Å²) in [4.78, 5) is 22.7. The van der Waals surface area contributed by atoms with Crippen molar-refractivity contribution >= 4 is 33.0 Å². The van der Waals surface area contributed by atoms with Gasteiger partial charge in [-0.05, 0) is 37.9 Å². The topological polar surface area (TPSA) is 110 Å². The lowest BCUT2D eigenvalue weighted by Crippen LogP contribution is -2.43. The highest BCUT2D eigenvalue weighted by Crippen LogP contribution is 2.45. The molecule has 0 bridgehead atoms. The molecular weight excluding hydrogens is 532 g/mol. The van der Waals surface area contributed by atoms with Crippen molar-refractivity contribution in [2.24, 2.45) is 14.1 Å². The summed E-state index contributed by atoms with van der Waals surface area (Å²) in [5, 5.41) is 11.6. The Kier molecular flexibility index (Phi) is 5.19. The molecule has 0 radical (unpaired) electrons. The van der Waals surface area contributed by atoms with E-state index in [2.05, 4.69) is 30.2 Å². The fraction of sp³-hybridized carbons (Fsp3) is 0.462. The minimum atomic E-state index is -4.66. The van der Waals surface area contributed by atoms with E-state index in [1.54, 1.807) is 18.7 Å². The van der Waals surface area contributed by atoms with Gasteiger partial charge in [0.15, 0.2) is 5.65 Å². The zero-order valence-corrected chi connectivity index (χ0v) is 22.0. The van der Waals surface area contributed by atoms with Crippen LogP contribution < -0.4 is 10.3 Å². The first kappa shape index (κ1) is 25.1. The molecule has 2 fully saturated rings. The van der Waals surface area contributed by atoms with Gasteiger partial charge in [0.1, 0.15) is 29.4 Å². The van der Waals surface area contributed by atoms with Crippen molar-refractivity contribution in [2.45, 2.75) is 44.1 Å². The van der Waals surface area contributed by atoms with E-state index in [0.717, 1.165) is 19.4 Å². The van der Waals surface area contributed by atoms with Gasteiger partial charge in [-0.3, -0.25) is 24.5 Å². The van der Waals surface area contributed by atoms with Crippen molar-refractivity contribution in [3.63, 3.8) is 0 Å². The van der Waals surface area contributed by atoms with Gasteiger partial charge in [0.25, 0.3) is 11.6 Å². The molecule has 0 spiro atoms. The van der Waals surface area contributed by atoms with Gasteiger partial charge in [-0.1, -0.05) is 0 Å². The maximum atomic E-state index is 14.4.